The average molecular weight is 471 g/mol. The van der Waals surface area contributed by atoms with Crippen LogP contribution in [0.4, 0.5) is 4.39 Å². The van der Waals surface area contributed by atoms with E-state index in [1.165, 1.54) is 63.4 Å². The Balaban J connectivity index is 1.19. The summed E-state index contributed by atoms with van der Waals surface area (Å²) < 4.78 is 21.1. The summed E-state index contributed by atoms with van der Waals surface area (Å²) in [4.78, 5) is 0. The predicted molar refractivity (Wildman–Crippen MR) is 143 cm³/mol. The number of unbranched alkanes of at least 4 members (excludes halogenated alkanes) is 1. The van der Waals surface area contributed by atoms with Gasteiger partial charge in [-0.1, -0.05) is 87.2 Å². The van der Waals surface area contributed by atoms with Crippen LogP contribution in [0.2, 0.25) is 0 Å². The zero-order valence-corrected chi connectivity index (χ0v) is 21.1. The summed E-state index contributed by atoms with van der Waals surface area (Å²) in [6.07, 6.45) is 12.2. The van der Waals surface area contributed by atoms with E-state index in [0.29, 0.717) is 18.1 Å². The van der Waals surface area contributed by atoms with E-state index in [1.807, 2.05) is 54.6 Å². The number of ether oxygens (including phenoxy) is 1. The number of fused-ring (bicyclic) bond motifs is 1. The van der Waals surface area contributed by atoms with Crippen LogP contribution in [0.1, 0.15) is 81.8 Å². The van der Waals surface area contributed by atoms with Gasteiger partial charge in [-0.15, -0.1) is 0 Å². The van der Waals surface area contributed by atoms with Gasteiger partial charge in [0, 0.05) is 5.56 Å². The van der Waals surface area contributed by atoms with Crippen LogP contribution in [0.25, 0.3) is 11.1 Å². The Morgan fingerprint density at radius 3 is 2.37 bits per heavy atom. The lowest BCUT2D eigenvalue weighted by Gasteiger charge is -2.42. The molecule has 0 amide bonds. The van der Waals surface area contributed by atoms with Crippen molar-refractivity contribution >= 4 is 0 Å². The van der Waals surface area contributed by atoms with Gasteiger partial charge in [0.05, 0.1) is 0 Å². The molecule has 0 bridgehead atoms. The Hall–Kier alpha value is -2.61. The second-order valence-corrected chi connectivity index (χ2v) is 10.9. The van der Waals surface area contributed by atoms with E-state index in [0.717, 1.165) is 34.6 Å². The molecule has 5 rings (SSSR count). The van der Waals surface area contributed by atoms with E-state index in [9.17, 15) is 0 Å². The Morgan fingerprint density at radius 1 is 0.829 bits per heavy atom. The quantitative estimate of drug-likeness (QED) is 0.318. The molecule has 4 unspecified atom stereocenters. The van der Waals surface area contributed by atoms with E-state index < -0.39 is 0 Å². The minimum atomic E-state index is -0.106. The highest BCUT2D eigenvalue weighted by molar-refractivity contribution is 5.65. The third kappa shape index (κ3) is 5.97. The number of hydrogen-bond donors (Lipinski definition) is 0. The second kappa shape index (κ2) is 11.4. The standard InChI is InChI=1S/C33H39FO/c1-2-3-7-24-10-11-28-21-29(13-12-27(28)20-24)30-16-19-32(33(34)22-30)26-14-17-31(18-15-26)35-23-25-8-5-4-6-9-25/h4-6,8-9,14-19,22,24,27-29H,2-3,7,10-13,20-21,23H2,1H3. The summed E-state index contributed by atoms with van der Waals surface area (Å²) in [5, 5.41) is 0. The molecule has 2 aliphatic rings. The fraction of sp³-hybridized carbons (Fsp3) is 0.455. The molecule has 2 aliphatic carbocycles. The highest BCUT2D eigenvalue weighted by atomic mass is 19.1. The average Bonchev–Trinajstić information content (AvgIpc) is 2.91. The first-order valence-corrected chi connectivity index (χ1v) is 13.8. The number of benzene rings is 3. The molecule has 35 heavy (non-hydrogen) atoms. The highest BCUT2D eigenvalue weighted by Gasteiger charge is 2.35. The molecule has 184 valence electrons. The van der Waals surface area contributed by atoms with Gasteiger partial charge in [0.25, 0.3) is 0 Å². The van der Waals surface area contributed by atoms with Crippen molar-refractivity contribution in [2.45, 2.75) is 77.2 Å². The Labute approximate surface area is 210 Å². The van der Waals surface area contributed by atoms with Crippen LogP contribution in [0.5, 0.6) is 5.75 Å². The molecular formula is C33H39FO. The molecule has 0 radical (unpaired) electrons. The molecule has 2 heteroatoms. The molecule has 0 heterocycles. The summed E-state index contributed by atoms with van der Waals surface area (Å²) in [7, 11) is 0. The molecule has 0 spiro atoms. The van der Waals surface area contributed by atoms with Gasteiger partial charge in [0.15, 0.2) is 0 Å². The fourth-order valence-electron chi connectivity index (χ4n) is 6.54. The predicted octanol–water partition coefficient (Wildman–Crippen LogP) is 9.56. The van der Waals surface area contributed by atoms with Gasteiger partial charge < -0.3 is 4.74 Å². The molecule has 3 aromatic rings. The van der Waals surface area contributed by atoms with Gasteiger partial charge in [-0.3, -0.25) is 0 Å². The molecule has 0 aromatic heterocycles. The zero-order chi connectivity index (χ0) is 24.0. The lowest BCUT2D eigenvalue weighted by atomic mass is 9.63. The van der Waals surface area contributed by atoms with Crippen LogP contribution in [-0.2, 0) is 6.61 Å². The van der Waals surface area contributed by atoms with Crippen molar-refractivity contribution in [1.82, 2.24) is 0 Å². The molecular weight excluding hydrogens is 431 g/mol. The number of hydrogen-bond acceptors (Lipinski definition) is 1. The molecule has 3 aromatic carbocycles. The molecule has 0 aliphatic heterocycles. The molecule has 0 saturated heterocycles. The van der Waals surface area contributed by atoms with Crippen molar-refractivity contribution in [1.29, 1.82) is 0 Å². The van der Waals surface area contributed by atoms with Gasteiger partial charge in [-0.25, -0.2) is 4.39 Å². The summed E-state index contributed by atoms with van der Waals surface area (Å²) in [6.45, 7) is 2.84. The summed E-state index contributed by atoms with van der Waals surface area (Å²) in [5.41, 5.74) is 3.90. The van der Waals surface area contributed by atoms with Gasteiger partial charge in [-0.05, 0) is 90.7 Å². The molecule has 2 saturated carbocycles. The molecule has 0 N–H and O–H groups in total. The number of rotatable bonds is 8. The summed E-state index contributed by atoms with van der Waals surface area (Å²) >= 11 is 0. The lowest BCUT2D eigenvalue weighted by Crippen LogP contribution is -2.30. The van der Waals surface area contributed by atoms with Crippen molar-refractivity contribution in [2.24, 2.45) is 17.8 Å². The van der Waals surface area contributed by atoms with E-state index in [1.54, 1.807) is 0 Å². The van der Waals surface area contributed by atoms with Gasteiger partial charge in [-0.2, -0.15) is 0 Å². The first-order valence-electron chi connectivity index (χ1n) is 13.8. The van der Waals surface area contributed by atoms with Crippen LogP contribution in [0.3, 0.4) is 0 Å². The Morgan fingerprint density at radius 2 is 1.60 bits per heavy atom. The van der Waals surface area contributed by atoms with Crippen LogP contribution < -0.4 is 4.74 Å². The van der Waals surface area contributed by atoms with Gasteiger partial charge in [0.2, 0.25) is 0 Å². The minimum absolute atomic E-state index is 0.106. The summed E-state index contributed by atoms with van der Waals surface area (Å²) in [6, 6.07) is 23.9. The first kappa shape index (κ1) is 24.1. The van der Waals surface area contributed by atoms with Gasteiger partial charge in [0.1, 0.15) is 18.2 Å². The van der Waals surface area contributed by atoms with Crippen molar-refractivity contribution < 1.29 is 9.13 Å². The van der Waals surface area contributed by atoms with Crippen LogP contribution >= 0.6 is 0 Å². The van der Waals surface area contributed by atoms with Crippen molar-refractivity contribution in [3.8, 4) is 16.9 Å². The minimum Gasteiger partial charge on any atom is -0.489 e. The van der Waals surface area contributed by atoms with E-state index >= 15 is 4.39 Å². The van der Waals surface area contributed by atoms with Crippen LogP contribution in [0.15, 0.2) is 72.8 Å². The molecule has 2 fully saturated rings. The zero-order valence-electron chi connectivity index (χ0n) is 21.1. The van der Waals surface area contributed by atoms with E-state index in [4.69, 9.17) is 4.74 Å². The smallest absolute Gasteiger partial charge is 0.131 e. The lowest BCUT2D eigenvalue weighted by molar-refractivity contribution is 0.113. The normalized spacial score (nSPS) is 24.1. The van der Waals surface area contributed by atoms with Crippen LogP contribution in [0, 0.1) is 23.6 Å². The van der Waals surface area contributed by atoms with Gasteiger partial charge >= 0.3 is 0 Å². The maximum absolute atomic E-state index is 15.2. The third-order valence-corrected chi connectivity index (χ3v) is 8.57. The number of halogens is 1. The maximum Gasteiger partial charge on any atom is 0.131 e. The third-order valence-electron chi connectivity index (χ3n) is 8.57. The van der Waals surface area contributed by atoms with Crippen LogP contribution in [-0.4, -0.2) is 0 Å². The largest absolute Gasteiger partial charge is 0.489 e. The van der Waals surface area contributed by atoms with E-state index in [2.05, 4.69) is 25.1 Å². The maximum atomic E-state index is 15.2. The SMILES string of the molecule is CCCCC1CCC2CC(c3ccc(-c4ccc(OCc5ccccc5)cc4)c(F)c3)CCC2C1. The van der Waals surface area contributed by atoms with Crippen molar-refractivity contribution in [3.63, 3.8) is 0 Å². The highest BCUT2D eigenvalue weighted by Crippen LogP contribution is 2.48. The van der Waals surface area contributed by atoms with Crippen molar-refractivity contribution in [2.75, 3.05) is 0 Å². The Kier molecular flexibility index (Phi) is 7.86. The fourth-order valence-corrected chi connectivity index (χ4v) is 6.54. The Bertz CT molecular complexity index is 1070. The van der Waals surface area contributed by atoms with Crippen molar-refractivity contribution in [3.05, 3.63) is 89.7 Å². The molecule has 4 atom stereocenters. The second-order valence-electron chi connectivity index (χ2n) is 10.9. The topological polar surface area (TPSA) is 9.23 Å². The molecule has 1 nitrogen and oxygen atoms in total. The first-order chi connectivity index (χ1) is 17.2. The van der Waals surface area contributed by atoms with E-state index in [-0.39, 0.29) is 5.82 Å². The summed E-state index contributed by atoms with van der Waals surface area (Å²) in [5.74, 6) is 3.92. The monoisotopic (exact) mass is 470 g/mol.